The highest BCUT2D eigenvalue weighted by Crippen LogP contribution is 2.30. The zero-order chi connectivity index (χ0) is 21.9. The van der Waals surface area contributed by atoms with E-state index in [-0.39, 0.29) is 6.09 Å². The predicted octanol–water partition coefficient (Wildman–Crippen LogP) is 5.48. The number of anilines is 1. The first-order valence-electron chi connectivity index (χ1n) is 9.63. The summed E-state index contributed by atoms with van der Waals surface area (Å²) in [4.78, 5) is 18.4. The molecule has 0 atom stereocenters. The highest BCUT2D eigenvalue weighted by molar-refractivity contribution is 9.10. The molecule has 1 amide bonds. The van der Waals surface area contributed by atoms with Crippen LogP contribution in [-0.4, -0.2) is 51.3 Å². The number of carbonyl (C=O) groups excluding carboxylic acids is 1. The zero-order valence-corrected chi connectivity index (χ0v) is 19.8. The van der Waals surface area contributed by atoms with Crippen LogP contribution in [0.2, 0.25) is 5.02 Å². The molecule has 1 aromatic carbocycles. The van der Waals surface area contributed by atoms with Crippen LogP contribution in [0.4, 0.5) is 10.6 Å². The van der Waals surface area contributed by atoms with Gasteiger partial charge in [0.1, 0.15) is 11.4 Å². The van der Waals surface area contributed by atoms with Crippen LogP contribution in [0, 0.1) is 0 Å². The van der Waals surface area contributed by atoms with Crippen LogP contribution >= 0.6 is 27.5 Å². The molecule has 3 rings (SSSR count). The number of hydrogen-bond acceptors (Lipinski definition) is 5. The molecule has 0 spiro atoms. The van der Waals surface area contributed by atoms with Crippen molar-refractivity contribution < 1.29 is 9.53 Å². The number of nitrogens with one attached hydrogen (secondary N) is 1. The minimum atomic E-state index is -0.505. The van der Waals surface area contributed by atoms with Crippen molar-refractivity contribution in [2.75, 3.05) is 25.5 Å². The molecule has 3 aromatic rings. The highest BCUT2D eigenvalue weighted by atomic mass is 79.9. The maximum absolute atomic E-state index is 12.1. The molecule has 0 saturated carbocycles. The Balaban J connectivity index is 1.72. The van der Waals surface area contributed by atoms with Crippen molar-refractivity contribution in [3.05, 3.63) is 46.0 Å². The summed E-state index contributed by atoms with van der Waals surface area (Å²) in [5.74, 6) is 0.792. The molecule has 30 heavy (non-hydrogen) atoms. The summed E-state index contributed by atoms with van der Waals surface area (Å²) in [5.41, 5.74) is 1.79. The summed E-state index contributed by atoms with van der Waals surface area (Å²) < 4.78 is 7.91. The first kappa shape index (κ1) is 22.4. The minimum absolute atomic E-state index is 0.328. The fraction of sp³-hybridized carbons (Fsp3) is 0.381. The Morgan fingerprint density at radius 2 is 2.07 bits per heavy atom. The predicted molar refractivity (Wildman–Crippen MR) is 123 cm³/mol. The van der Waals surface area contributed by atoms with Crippen LogP contribution in [-0.2, 0) is 4.74 Å². The van der Waals surface area contributed by atoms with E-state index < -0.39 is 5.60 Å². The minimum Gasteiger partial charge on any atom is -0.444 e. The van der Waals surface area contributed by atoms with Gasteiger partial charge in [-0.15, -0.1) is 0 Å². The van der Waals surface area contributed by atoms with Gasteiger partial charge in [-0.25, -0.2) is 9.78 Å². The van der Waals surface area contributed by atoms with Crippen molar-refractivity contribution in [1.29, 1.82) is 0 Å². The van der Waals surface area contributed by atoms with Gasteiger partial charge in [-0.3, -0.25) is 0 Å². The van der Waals surface area contributed by atoms with Gasteiger partial charge in [-0.1, -0.05) is 29.8 Å². The fourth-order valence-corrected chi connectivity index (χ4v) is 3.41. The number of hydrogen-bond donors (Lipinski definition) is 1. The van der Waals surface area contributed by atoms with Gasteiger partial charge >= 0.3 is 6.09 Å². The molecule has 9 heteroatoms. The average molecular weight is 495 g/mol. The van der Waals surface area contributed by atoms with Gasteiger partial charge in [0, 0.05) is 36.8 Å². The molecule has 0 saturated heterocycles. The Hall–Kier alpha value is -2.32. The van der Waals surface area contributed by atoms with E-state index >= 15 is 0 Å². The molecule has 160 valence electrons. The lowest BCUT2D eigenvalue weighted by Crippen LogP contribution is -2.35. The third-order valence-electron chi connectivity index (χ3n) is 4.26. The molecule has 2 aromatic heterocycles. The number of benzene rings is 1. The Labute approximate surface area is 189 Å². The van der Waals surface area contributed by atoms with E-state index in [1.54, 1.807) is 22.7 Å². The lowest BCUT2D eigenvalue weighted by atomic mass is 10.1. The van der Waals surface area contributed by atoms with Gasteiger partial charge in [-0.2, -0.15) is 9.61 Å². The Bertz CT molecular complexity index is 1050. The van der Waals surface area contributed by atoms with Crippen molar-refractivity contribution >= 4 is 45.1 Å². The molecule has 2 heterocycles. The molecular weight excluding hydrogens is 470 g/mol. The van der Waals surface area contributed by atoms with Gasteiger partial charge in [0.2, 0.25) is 0 Å². The first-order chi connectivity index (χ1) is 14.2. The smallest absolute Gasteiger partial charge is 0.410 e. The second kappa shape index (κ2) is 9.22. The number of amides is 1. The lowest BCUT2D eigenvalue weighted by molar-refractivity contribution is 0.0298. The Kier molecular flexibility index (Phi) is 6.88. The summed E-state index contributed by atoms with van der Waals surface area (Å²) in [6.07, 6.45) is 2.12. The van der Waals surface area contributed by atoms with Crippen molar-refractivity contribution in [2.45, 2.75) is 32.8 Å². The van der Waals surface area contributed by atoms with Gasteiger partial charge in [0.15, 0.2) is 5.65 Å². The number of carbonyl (C=O) groups is 1. The normalized spacial score (nSPS) is 11.5. The van der Waals surface area contributed by atoms with Gasteiger partial charge in [0.05, 0.1) is 16.4 Å². The van der Waals surface area contributed by atoms with Crippen LogP contribution in [0.3, 0.4) is 0 Å². The van der Waals surface area contributed by atoms with Crippen LogP contribution in [0.25, 0.3) is 16.9 Å². The molecule has 0 aliphatic rings. The van der Waals surface area contributed by atoms with E-state index in [2.05, 4.69) is 26.3 Å². The summed E-state index contributed by atoms with van der Waals surface area (Å²) in [6, 6.07) is 9.52. The van der Waals surface area contributed by atoms with Gasteiger partial charge in [-0.05, 0) is 49.2 Å². The molecule has 0 aliphatic heterocycles. The molecule has 1 N–H and O–H groups in total. The van der Waals surface area contributed by atoms with Crippen LogP contribution in [0.15, 0.2) is 41.0 Å². The van der Waals surface area contributed by atoms with Crippen molar-refractivity contribution in [3.8, 4) is 11.3 Å². The summed E-state index contributed by atoms with van der Waals surface area (Å²) >= 11 is 9.87. The van der Waals surface area contributed by atoms with Crippen molar-refractivity contribution in [1.82, 2.24) is 19.5 Å². The molecular formula is C21H25BrClN5O2. The van der Waals surface area contributed by atoms with Crippen molar-refractivity contribution in [3.63, 3.8) is 0 Å². The number of nitrogens with zero attached hydrogens (tertiary/aromatic N) is 4. The van der Waals surface area contributed by atoms with Gasteiger partial charge < -0.3 is 15.0 Å². The molecule has 0 bridgehead atoms. The number of aromatic nitrogens is 3. The topological polar surface area (TPSA) is 71.8 Å². The van der Waals surface area contributed by atoms with E-state index in [0.29, 0.717) is 23.8 Å². The SMILES string of the molecule is CN(CCCNc1cc(-c2ccccc2Cl)nc2c(Br)cnn12)C(=O)OC(C)(C)C. The monoisotopic (exact) mass is 493 g/mol. The highest BCUT2D eigenvalue weighted by Gasteiger charge is 2.19. The quantitative estimate of drug-likeness (QED) is 0.459. The molecule has 0 aliphatic carbocycles. The van der Waals surface area contributed by atoms with E-state index in [1.807, 2.05) is 51.1 Å². The van der Waals surface area contributed by atoms with Crippen LogP contribution in [0.1, 0.15) is 27.2 Å². The maximum atomic E-state index is 12.1. The zero-order valence-electron chi connectivity index (χ0n) is 17.4. The fourth-order valence-electron chi connectivity index (χ4n) is 2.83. The number of fused-ring (bicyclic) bond motifs is 1. The van der Waals surface area contributed by atoms with Crippen LogP contribution < -0.4 is 5.32 Å². The lowest BCUT2D eigenvalue weighted by Gasteiger charge is -2.24. The number of halogens is 2. The molecule has 0 radical (unpaired) electrons. The van der Waals surface area contributed by atoms with E-state index in [1.165, 1.54) is 0 Å². The summed E-state index contributed by atoms with van der Waals surface area (Å²) in [5, 5.41) is 8.41. The average Bonchev–Trinajstić information content (AvgIpc) is 3.05. The first-order valence-corrected chi connectivity index (χ1v) is 10.8. The second-order valence-corrected chi connectivity index (χ2v) is 9.18. The Morgan fingerprint density at radius 1 is 1.33 bits per heavy atom. The van der Waals surface area contributed by atoms with E-state index in [4.69, 9.17) is 21.3 Å². The standard InChI is InChI=1S/C21H25BrClN5O2/c1-21(2,3)30-20(29)27(4)11-7-10-24-18-12-17(14-8-5-6-9-16(14)23)26-19-15(22)13-25-28(18)19/h5-6,8-9,12-13,24H,7,10-11H2,1-4H3. The van der Waals surface area contributed by atoms with Gasteiger partial charge in [0.25, 0.3) is 0 Å². The second-order valence-electron chi connectivity index (χ2n) is 7.92. The van der Waals surface area contributed by atoms with Crippen LogP contribution in [0.5, 0.6) is 0 Å². The number of ether oxygens (including phenoxy) is 1. The summed E-state index contributed by atoms with van der Waals surface area (Å²) in [7, 11) is 1.73. The molecule has 0 fully saturated rings. The Morgan fingerprint density at radius 3 is 2.77 bits per heavy atom. The number of rotatable bonds is 6. The molecule has 7 nitrogen and oxygen atoms in total. The maximum Gasteiger partial charge on any atom is 0.410 e. The molecule has 0 unspecified atom stereocenters. The van der Waals surface area contributed by atoms with E-state index in [9.17, 15) is 4.79 Å². The largest absolute Gasteiger partial charge is 0.444 e. The summed E-state index contributed by atoms with van der Waals surface area (Å²) in [6.45, 7) is 6.78. The van der Waals surface area contributed by atoms with Crippen molar-refractivity contribution in [2.24, 2.45) is 0 Å². The third-order valence-corrected chi connectivity index (χ3v) is 5.15. The third kappa shape index (κ3) is 5.43. The van der Waals surface area contributed by atoms with E-state index in [0.717, 1.165) is 28.0 Å².